The number of anilines is 1. The first-order chi connectivity index (χ1) is 8.22. The number of para-hydroxylation sites is 1. The first-order valence-corrected chi connectivity index (χ1v) is 5.49. The predicted molar refractivity (Wildman–Crippen MR) is 60.2 cm³/mol. The maximum absolute atomic E-state index is 13.6. The second-order valence-electron chi connectivity index (χ2n) is 3.90. The lowest BCUT2D eigenvalue weighted by atomic mass is 10.2. The molecule has 0 aromatic heterocycles. The van der Waals surface area contributed by atoms with Crippen molar-refractivity contribution < 1.29 is 19.0 Å². The average molecular weight is 239 g/mol. The van der Waals surface area contributed by atoms with Crippen molar-refractivity contribution in [3.8, 4) is 0 Å². The number of amides is 1. The standard InChI is InChI=1S/C12H14FNO3/c13-10-3-1-2-4-11(10)14-7-9(5-6-15)17-8-12(14)16/h1-4,9,15H,5-8H2. The summed E-state index contributed by atoms with van der Waals surface area (Å²) >= 11 is 0. The normalized spacial score (nSPS) is 20.7. The summed E-state index contributed by atoms with van der Waals surface area (Å²) in [5, 5.41) is 8.84. The molecule has 5 heteroatoms. The quantitative estimate of drug-likeness (QED) is 0.854. The number of hydrogen-bond acceptors (Lipinski definition) is 3. The zero-order valence-corrected chi connectivity index (χ0v) is 9.30. The van der Waals surface area contributed by atoms with E-state index in [1.165, 1.54) is 11.0 Å². The van der Waals surface area contributed by atoms with Crippen molar-refractivity contribution in [2.24, 2.45) is 0 Å². The lowest BCUT2D eigenvalue weighted by molar-refractivity contribution is -0.129. The van der Waals surface area contributed by atoms with Gasteiger partial charge in [-0.2, -0.15) is 0 Å². The number of carbonyl (C=O) groups is 1. The van der Waals surface area contributed by atoms with E-state index in [1.807, 2.05) is 0 Å². The van der Waals surface area contributed by atoms with Crippen LogP contribution in [0.25, 0.3) is 0 Å². The highest BCUT2D eigenvalue weighted by molar-refractivity contribution is 5.95. The average Bonchev–Trinajstić information content (AvgIpc) is 2.33. The van der Waals surface area contributed by atoms with Crippen LogP contribution in [-0.4, -0.2) is 36.9 Å². The van der Waals surface area contributed by atoms with E-state index < -0.39 is 5.82 Å². The third-order valence-corrected chi connectivity index (χ3v) is 2.72. The van der Waals surface area contributed by atoms with Crippen molar-refractivity contribution in [3.63, 3.8) is 0 Å². The Morgan fingerprint density at radius 1 is 1.47 bits per heavy atom. The van der Waals surface area contributed by atoms with Crippen LogP contribution in [0.1, 0.15) is 6.42 Å². The summed E-state index contributed by atoms with van der Waals surface area (Å²) in [7, 11) is 0. The highest BCUT2D eigenvalue weighted by atomic mass is 19.1. The molecule has 1 aliphatic heterocycles. The van der Waals surface area contributed by atoms with Crippen LogP contribution in [0.2, 0.25) is 0 Å². The maximum atomic E-state index is 13.6. The van der Waals surface area contributed by atoms with Crippen LogP contribution < -0.4 is 4.90 Å². The molecule has 0 radical (unpaired) electrons. The SMILES string of the molecule is O=C1COC(CCO)CN1c1ccccc1F. The predicted octanol–water partition coefficient (Wildman–Crippen LogP) is 0.940. The number of aliphatic hydroxyl groups excluding tert-OH is 1. The molecule has 0 spiro atoms. The summed E-state index contributed by atoms with van der Waals surface area (Å²) in [5.41, 5.74) is 0.267. The van der Waals surface area contributed by atoms with E-state index in [-0.39, 0.29) is 37.5 Å². The van der Waals surface area contributed by atoms with Crippen LogP contribution in [-0.2, 0) is 9.53 Å². The molecule has 1 aromatic carbocycles. The van der Waals surface area contributed by atoms with E-state index in [0.717, 1.165) is 0 Å². The summed E-state index contributed by atoms with van der Waals surface area (Å²) in [6.45, 7) is 0.198. The number of nitrogens with zero attached hydrogens (tertiary/aromatic N) is 1. The highest BCUT2D eigenvalue weighted by Gasteiger charge is 2.28. The van der Waals surface area contributed by atoms with Gasteiger partial charge in [-0.15, -0.1) is 0 Å². The Balaban J connectivity index is 2.18. The molecule has 1 unspecified atom stereocenters. The number of aliphatic hydroxyl groups is 1. The molecule has 2 rings (SSSR count). The molecule has 0 saturated carbocycles. The Morgan fingerprint density at radius 2 is 2.24 bits per heavy atom. The van der Waals surface area contributed by atoms with Crippen molar-refractivity contribution in [1.29, 1.82) is 0 Å². The fraction of sp³-hybridized carbons (Fsp3) is 0.417. The van der Waals surface area contributed by atoms with Crippen molar-refractivity contribution in [2.45, 2.75) is 12.5 Å². The molecule has 17 heavy (non-hydrogen) atoms. The van der Waals surface area contributed by atoms with Gasteiger partial charge >= 0.3 is 0 Å². The number of carbonyl (C=O) groups excluding carboxylic acids is 1. The molecule has 1 aromatic rings. The van der Waals surface area contributed by atoms with E-state index >= 15 is 0 Å². The van der Waals surface area contributed by atoms with Crippen LogP contribution in [0.15, 0.2) is 24.3 Å². The minimum absolute atomic E-state index is 0.00995. The minimum atomic E-state index is -0.425. The number of rotatable bonds is 3. The van der Waals surface area contributed by atoms with Gasteiger partial charge in [-0.25, -0.2) is 4.39 Å². The van der Waals surface area contributed by atoms with E-state index in [4.69, 9.17) is 9.84 Å². The lowest BCUT2D eigenvalue weighted by Gasteiger charge is -2.32. The molecule has 1 heterocycles. The van der Waals surface area contributed by atoms with Crippen molar-refractivity contribution in [2.75, 3.05) is 24.7 Å². The Labute approximate surface area is 98.6 Å². The van der Waals surface area contributed by atoms with Crippen LogP contribution in [0.5, 0.6) is 0 Å². The molecule has 1 N–H and O–H groups in total. The first-order valence-electron chi connectivity index (χ1n) is 5.49. The van der Waals surface area contributed by atoms with Gasteiger partial charge in [-0.05, 0) is 18.6 Å². The van der Waals surface area contributed by atoms with Gasteiger partial charge in [0, 0.05) is 6.61 Å². The molecule has 4 nitrogen and oxygen atoms in total. The smallest absolute Gasteiger partial charge is 0.253 e. The van der Waals surface area contributed by atoms with Gasteiger partial charge in [0.1, 0.15) is 12.4 Å². The Kier molecular flexibility index (Phi) is 3.71. The van der Waals surface area contributed by atoms with Crippen molar-refractivity contribution in [3.05, 3.63) is 30.1 Å². The Hall–Kier alpha value is -1.46. The molecular weight excluding hydrogens is 225 g/mol. The molecule has 1 fully saturated rings. The van der Waals surface area contributed by atoms with Crippen LogP contribution in [0, 0.1) is 5.82 Å². The zero-order valence-electron chi connectivity index (χ0n) is 9.30. The highest BCUT2D eigenvalue weighted by Crippen LogP contribution is 2.22. The van der Waals surface area contributed by atoms with E-state index in [9.17, 15) is 9.18 Å². The largest absolute Gasteiger partial charge is 0.396 e. The third-order valence-electron chi connectivity index (χ3n) is 2.72. The van der Waals surface area contributed by atoms with E-state index in [0.29, 0.717) is 6.42 Å². The molecular formula is C12H14FNO3. The minimum Gasteiger partial charge on any atom is -0.396 e. The van der Waals surface area contributed by atoms with Crippen molar-refractivity contribution in [1.82, 2.24) is 0 Å². The lowest BCUT2D eigenvalue weighted by Crippen LogP contribution is -2.47. The first kappa shape index (κ1) is 12.0. The number of morpholine rings is 1. The molecule has 92 valence electrons. The summed E-state index contributed by atoms with van der Waals surface area (Å²) in [4.78, 5) is 13.0. The van der Waals surface area contributed by atoms with Gasteiger partial charge in [0.15, 0.2) is 0 Å². The van der Waals surface area contributed by atoms with Gasteiger partial charge in [0.05, 0.1) is 18.3 Å². The number of ether oxygens (including phenoxy) is 1. The Morgan fingerprint density at radius 3 is 2.94 bits per heavy atom. The summed E-state index contributed by atoms with van der Waals surface area (Å²) < 4.78 is 18.8. The summed E-state index contributed by atoms with van der Waals surface area (Å²) in [6.07, 6.45) is 0.204. The zero-order chi connectivity index (χ0) is 12.3. The topological polar surface area (TPSA) is 49.8 Å². The van der Waals surface area contributed by atoms with Gasteiger partial charge in [0.2, 0.25) is 0 Å². The fourth-order valence-electron chi connectivity index (χ4n) is 1.85. The van der Waals surface area contributed by atoms with Gasteiger partial charge in [-0.3, -0.25) is 4.79 Å². The second kappa shape index (κ2) is 5.25. The van der Waals surface area contributed by atoms with E-state index in [1.54, 1.807) is 18.2 Å². The third kappa shape index (κ3) is 2.62. The van der Waals surface area contributed by atoms with Crippen LogP contribution >= 0.6 is 0 Å². The van der Waals surface area contributed by atoms with Crippen LogP contribution in [0.3, 0.4) is 0 Å². The second-order valence-corrected chi connectivity index (χ2v) is 3.90. The van der Waals surface area contributed by atoms with Gasteiger partial charge < -0.3 is 14.7 Å². The maximum Gasteiger partial charge on any atom is 0.253 e. The molecule has 0 aliphatic carbocycles. The molecule has 0 bridgehead atoms. The molecule has 1 aliphatic rings. The Bertz CT molecular complexity index is 410. The number of hydrogen-bond donors (Lipinski definition) is 1. The molecule has 1 saturated heterocycles. The van der Waals surface area contributed by atoms with Gasteiger partial charge in [-0.1, -0.05) is 12.1 Å². The summed E-state index contributed by atoms with van der Waals surface area (Å²) in [6, 6.07) is 6.14. The fourth-order valence-corrected chi connectivity index (χ4v) is 1.85. The van der Waals surface area contributed by atoms with Crippen molar-refractivity contribution >= 4 is 11.6 Å². The van der Waals surface area contributed by atoms with E-state index in [2.05, 4.69) is 0 Å². The number of halogens is 1. The van der Waals surface area contributed by atoms with Gasteiger partial charge in [0.25, 0.3) is 5.91 Å². The summed E-state index contributed by atoms with van der Waals surface area (Å²) in [5.74, 6) is -0.685. The monoisotopic (exact) mass is 239 g/mol. The number of benzene rings is 1. The van der Waals surface area contributed by atoms with Crippen LogP contribution in [0.4, 0.5) is 10.1 Å². The molecule has 1 atom stereocenters. The molecule has 1 amide bonds.